The van der Waals surface area contributed by atoms with Gasteiger partial charge in [0.05, 0.1) is 0 Å². The summed E-state index contributed by atoms with van der Waals surface area (Å²) in [6.45, 7) is 26.3. The van der Waals surface area contributed by atoms with Crippen molar-refractivity contribution in [1.29, 1.82) is 0 Å². The monoisotopic (exact) mass is 589 g/mol. The van der Waals surface area contributed by atoms with Crippen LogP contribution in [-0.2, 0) is 0 Å². The Hall–Kier alpha value is -1.32. The van der Waals surface area contributed by atoms with E-state index in [1.165, 1.54) is 70.6 Å². The van der Waals surface area contributed by atoms with E-state index < -0.39 is 8.07 Å². The first-order valence-electron chi connectivity index (χ1n) is 13.4. The Morgan fingerprint density at radius 3 is 1.06 bits per heavy atom. The molecule has 0 atom stereocenters. The van der Waals surface area contributed by atoms with E-state index in [1.54, 1.807) is 5.19 Å². The third-order valence-corrected chi connectivity index (χ3v) is 10.8. The van der Waals surface area contributed by atoms with Crippen molar-refractivity contribution < 1.29 is 0 Å². The average Bonchev–Trinajstić information content (AvgIpc) is 2.77. The van der Waals surface area contributed by atoms with Crippen LogP contribution in [0, 0.1) is 0 Å². The predicted molar refractivity (Wildman–Crippen MR) is 162 cm³/mol. The van der Waals surface area contributed by atoms with E-state index in [-0.39, 0.29) is 0 Å². The van der Waals surface area contributed by atoms with Gasteiger partial charge in [0.2, 0.25) is 0 Å². The van der Waals surface area contributed by atoms with Crippen LogP contribution >= 0.6 is 0 Å². The van der Waals surface area contributed by atoms with Gasteiger partial charge in [-0.3, -0.25) is 0 Å². The van der Waals surface area contributed by atoms with Crippen LogP contribution in [0.25, 0.3) is 22.3 Å². The molecule has 0 bridgehead atoms. The van der Waals surface area contributed by atoms with Crippen LogP contribution in [0.1, 0.15) is 101 Å². The summed E-state index contributed by atoms with van der Waals surface area (Å²) in [6.07, 6.45) is 0. The number of hydrogen-bond acceptors (Lipinski definition) is 0. The molecule has 35 heavy (non-hydrogen) atoms. The van der Waals surface area contributed by atoms with E-state index in [1.807, 2.05) is 0 Å². The fourth-order valence-electron chi connectivity index (χ4n) is 5.19. The minimum absolute atomic E-state index is 0.493. The third-order valence-electron chi connectivity index (χ3n) is 7.29. The zero-order chi connectivity index (χ0) is 26.2. The fourth-order valence-corrected chi connectivity index (χ4v) is 7.47. The minimum atomic E-state index is -1.55. The van der Waals surface area contributed by atoms with Gasteiger partial charge in [-0.2, -0.15) is 0 Å². The molecular formula is C33H45SiSn+. The number of benzene rings is 3. The van der Waals surface area contributed by atoms with Crippen molar-refractivity contribution in [2.24, 2.45) is 0 Å². The summed E-state index contributed by atoms with van der Waals surface area (Å²) in [4.78, 5) is 0. The quantitative estimate of drug-likeness (QED) is 0.242. The molecule has 3 aromatic rings. The molecule has 0 unspecified atom stereocenters. The second-order valence-electron chi connectivity index (χ2n) is 12.4. The van der Waals surface area contributed by atoms with Gasteiger partial charge in [-0.1, -0.05) is 0 Å². The molecule has 2 radical (unpaired) electrons. The van der Waals surface area contributed by atoms with Gasteiger partial charge in [0.15, 0.2) is 0 Å². The zero-order valence-corrected chi connectivity index (χ0v) is 27.8. The fraction of sp³-hybridized carbons (Fsp3) is 0.455. The molecular weight excluding hydrogens is 543 g/mol. The van der Waals surface area contributed by atoms with Crippen LogP contribution < -0.4 is 8.77 Å². The molecule has 0 aromatic heterocycles. The number of hydrogen-bond donors (Lipinski definition) is 0. The molecule has 0 aliphatic heterocycles. The summed E-state index contributed by atoms with van der Waals surface area (Å²) in [7, 11) is -1.55. The van der Waals surface area contributed by atoms with E-state index in [2.05, 4.69) is 124 Å². The van der Waals surface area contributed by atoms with Crippen molar-refractivity contribution in [3.8, 4) is 22.3 Å². The normalized spacial score (nSPS) is 12.4. The second-order valence-corrected chi connectivity index (χ2v) is 18.9. The molecule has 0 amide bonds. The summed E-state index contributed by atoms with van der Waals surface area (Å²) < 4.78 is 1.52. The molecule has 0 aliphatic carbocycles. The standard InChI is InChI=1S/C33H45Si.Sn/c1-21(2)28-14-12-15-29(22(3)4)32(28)25-18-26(20-27(19-25)34(9,10)11)33-30(23(5)6)16-13-17-31(33)24(7)8;/h12-17,19-24H,1-11H3;/q;+1. The van der Waals surface area contributed by atoms with E-state index in [0.29, 0.717) is 23.7 Å². The Morgan fingerprint density at radius 1 is 0.543 bits per heavy atom. The molecule has 3 rings (SSSR count). The van der Waals surface area contributed by atoms with Crippen LogP contribution in [-0.4, -0.2) is 30.6 Å². The molecule has 0 nitrogen and oxygen atoms in total. The molecule has 184 valence electrons. The van der Waals surface area contributed by atoms with E-state index in [9.17, 15) is 0 Å². The maximum atomic E-state index is 2.58. The summed E-state index contributed by atoms with van der Waals surface area (Å²) in [5.41, 5.74) is 11.9. The van der Waals surface area contributed by atoms with Gasteiger partial charge in [0, 0.05) is 0 Å². The van der Waals surface area contributed by atoms with Crippen LogP contribution in [0.2, 0.25) is 19.6 Å². The van der Waals surface area contributed by atoms with Crippen LogP contribution in [0.4, 0.5) is 0 Å². The Balaban J connectivity index is 2.55. The molecule has 0 N–H and O–H groups in total. The Labute approximate surface area is 230 Å². The number of rotatable bonds is 7. The van der Waals surface area contributed by atoms with E-state index in [4.69, 9.17) is 0 Å². The summed E-state index contributed by atoms with van der Waals surface area (Å²) in [5, 5.41) is 1.56. The zero-order valence-electron chi connectivity index (χ0n) is 23.9. The Bertz CT molecular complexity index is 1060. The first-order chi connectivity index (χ1) is 16.3. The van der Waals surface area contributed by atoms with Gasteiger partial charge >= 0.3 is 231 Å². The van der Waals surface area contributed by atoms with Gasteiger partial charge in [0.1, 0.15) is 0 Å². The Kier molecular flexibility index (Phi) is 8.85. The van der Waals surface area contributed by atoms with Gasteiger partial charge in [-0.05, 0) is 0 Å². The van der Waals surface area contributed by atoms with Crippen molar-refractivity contribution >= 4 is 39.4 Å². The van der Waals surface area contributed by atoms with Crippen LogP contribution in [0.3, 0.4) is 0 Å². The first-order valence-corrected chi connectivity index (χ1v) is 18.3. The van der Waals surface area contributed by atoms with Crippen LogP contribution in [0.5, 0.6) is 0 Å². The van der Waals surface area contributed by atoms with Crippen LogP contribution in [0.15, 0.2) is 48.5 Å². The average molecular weight is 589 g/mol. The molecule has 0 saturated carbocycles. The second kappa shape index (κ2) is 11.0. The summed E-state index contributed by atoms with van der Waals surface area (Å²) in [5.74, 6) is 1.97. The Morgan fingerprint density at radius 2 is 0.829 bits per heavy atom. The molecule has 0 aliphatic rings. The molecule has 2 heteroatoms. The van der Waals surface area contributed by atoms with Crippen molar-refractivity contribution in [3.63, 3.8) is 0 Å². The van der Waals surface area contributed by atoms with Crippen molar-refractivity contribution in [2.45, 2.75) is 98.7 Å². The van der Waals surface area contributed by atoms with Gasteiger partial charge in [-0.15, -0.1) is 0 Å². The maximum absolute atomic E-state index is 2.58. The van der Waals surface area contributed by atoms with Crippen molar-refractivity contribution in [3.05, 3.63) is 70.8 Å². The van der Waals surface area contributed by atoms with Gasteiger partial charge < -0.3 is 0 Å². The predicted octanol–water partition coefficient (Wildman–Crippen LogP) is 8.85. The van der Waals surface area contributed by atoms with Gasteiger partial charge in [-0.25, -0.2) is 0 Å². The summed E-state index contributed by atoms with van der Waals surface area (Å²) >= 11 is 1.50. The van der Waals surface area contributed by atoms with E-state index in [0.717, 1.165) is 0 Å². The molecule has 3 aromatic carbocycles. The van der Waals surface area contributed by atoms with Crippen molar-refractivity contribution in [2.75, 3.05) is 0 Å². The molecule has 0 fully saturated rings. The molecule has 0 heterocycles. The van der Waals surface area contributed by atoms with E-state index >= 15 is 0 Å². The van der Waals surface area contributed by atoms with Gasteiger partial charge in [0.25, 0.3) is 0 Å². The molecule has 0 saturated heterocycles. The molecule has 0 spiro atoms. The third kappa shape index (κ3) is 5.82. The SMILES string of the molecule is CC(C)c1cccc(C(C)C)c1-c1cc([Si](C)(C)C)cc(-c2c(C(C)C)cccc2C(C)C)[c]1[Sn+]. The van der Waals surface area contributed by atoms with Crippen molar-refractivity contribution in [1.82, 2.24) is 0 Å². The topological polar surface area (TPSA) is 0 Å². The summed E-state index contributed by atoms with van der Waals surface area (Å²) in [6, 6.07) is 19.2. The first kappa shape index (κ1) is 28.3.